The minimum absolute atomic E-state index is 0.136. The molecule has 4 N–H and O–H groups in total. The summed E-state index contributed by atoms with van der Waals surface area (Å²) in [4.78, 5) is 0. The molecule has 3 heteroatoms. The fourth-order valence-corrected chi connectivity index (χ4v) is 0.651. The van der Waals surface area contributed by atoms with Gasteiger partial charge in [0.25, 0.3) is 0 Å². The van der Waals surface area contributed by atoms with E-state index in [1.165, 1.54) is 0 Å². The van der Waals surface area contributed by atoms with Crippen molar-refractivity contribution in [3.63, 3.8) is 0 Å². The van der Waals surface area contributed by atoms with Gasteiger partial charge in [0.2, 0.25) is 0 Å². The number of hydrogen-bond acceptors (Lipinski definition) is 3. The van der Waals surface area contributed by atoms with Crippen molar-refractivity contribution in [3.8, 4) is 0 Å². The molecule has 66 valence electrons. The summed E-state index contributed by atoms with van der Waals surface area (Å²) in [6.45, 7) is 2.56. The fraction of sp³-hybridized carbons (Fsp3) is 0.750. The third-order valence-electron chi connectivity index (χ3n) is 1.52. The zero-order chi connectivity index (χ0) is 8.69. The molecule has 0 amide bonds. The van der Waals surface area contributed by atoms with E-state index in [1.54, 1.807) is 6.92 Å². The molecule has 0 saturated carbocycles. The van der Waals surface area contributed by atoms with Crippen molar-refractivity contribution in [2.75, 3.05) is 13.6 Å². The Hall–Kier alpha value is -0.380. The molecule has 0 aliphatic rings. The Morgan fingerprint density at radius 1 is 1.55 bits per heavy atom. The van der Waals surface area contributed by atoms with Crippen LogP contribution in [0, 0.1) is 0 Å². The quantitative estimate of drug-likeness (QED) is 0.488. The van der Waals surface area contributed by atoms with Crippen LogP contribution in [0.4, 0.5) is 0 Å². The maximum atomic E-state index is 9.00. The molecule has 0 bridgehead atoms. The van der Waals surface area contributed by atoms with Gasteiger partial charge in [-0.1, -0.05) is 12.2 Å². The molecule has 0 aromatic carbocycles. The summed E-state index contributed by atoms with van der Waals surface area (Å²) in [6.07, 6.45) is 4.30. The Bertz CT molecular complexity index is 113. The molecule has 0 saturated heterocycles. The molecule has 3 nitrogen and oxygen atoms in total. The van der Waals surface area contributed by atoms with Crippen molar-refractivity contribution in [3.05, 3.63) is 12.2 Å². The molecule has 0 aliphatic heterocycles. The minimum Gasteiger partial charge on any atom is -0.392 e. The second-order valence-corrected chi connectivity index (χ2v) is 2.67. The van der Waals surface area contributed by atoms with Crippen LogP contribution >= 0.6 is 0 Å². The predicted molar refractivity (Wildman–Crippen MR) is 47.3 cm³/mol. The number of aliphatic hydroxyl groups is 1. The van der Waals surface area contributed by atoms with E-state index in [1.807, 2.05) is 19.2 Å². The molecule has 11 heavy (non-hydrogen) atoms. The lowest BCUT2D eigenvalue weighted by Crippen LogP contribution is -2.31. The summed E-state index contributed by atoms with van der Waals surface area (Å²) in [6, 6.07) is -0.136. The molecule has 0 aromatic heterocycles. The Labute approximate surface area is 68.3 Å². The lowest BCUT2D eigenvalue weighted by molar-refractivity contribution is 0.164. The van der Waals surface area contributed by atoms with Gasteiger partial charge in [0, 0.05) is 12.6 Å². The predicted octanol–water partition coefficient (Wildman–Crippen LogP) is -0.140. The maximum absolute atomic E-state index is 9.00. The number of aliphatic hydroxyl groups excluding tert-OH is 1. The van der Waals surface area contributed by atoms with Crippen molar-refractivity contribution in [1.29, 1.82) is 0 Å². The zero-order valence-corrected chi connectivity index (χ0v) is 7.25. The highest BCUT2D eigenvalue weighted by atomic mass is 16.3. The van der Waals surface area contributed by atoms with Gasteiger partial charge in [0.15, 0.2) is 0 Å². The third kappa shape index (κ3) is 6.04. The summed E-state index contributed by atoms with van der Waals surface area (Å²) in [5.74, 6) is 0. The maximum Gasteiger partial charge on any atom is 0.0666 e. The third-order valence-corrected chi connectivity index (χ3v) is 1.52. The molecule has 0 rings (SSSR count). The van der Waals surface area contributed by atoms with E-state index in [0.717, 1.165) is 13.0 Å². The van der Waals surface area contributed by atoms with Crippen LogP contribution in [0.3, 0.4) is 0 Å². The van der Waals surface area contributed by atoms with E-state index in [0.29, 0.717) is 0 Å². The molecular weight excluding hydrogens is 140 g/mol. The zero-order valence-electron chi connectivity index (χ0n) is 7.25. The molecule has 0 aromatic rings. The lowest BCUT2D eigenvalue weighted by atomic mass is 10.1. The average molecular weight is 158 g/mol. The number of nitrogens with one attached hydrogen (secondary N) is 1. The van der Waals surface area contributed by atoms with E-state index < -0.39 is 6.10 Å². The number of hydrogen-bond donors (Lipinski definition) is 3. The van der Waals surface area contributed by atoms with Crippen LogP contribution in [-0.2, 0) is 0 Å². The molecular formula is C8H18N2O. The average Bonchev–Trinajstić information content (AvgIpc) is 1.97. The summed E-state index contributed by atoms with van der Waals surface area (Å²) < 4.78 is 0. The first-order valence-corrected chi connectivity index (χ1v) is 3.91. The van der Waals surface area contributed by atoms with Crippen LogP contribution in [0.25, 0.3) is 0 Å². The SMILES string of the molecule is CNC/C=C/C[C@H](N)[C@@H](C)O. The summed E-state index contributed by atoms with van der Waals surface area (Å²) in [5.41, 5.74) is 5.58. The van der Waals surface area contributed by atoms with Crippen molar-refractivity contribution in [2.24, 2.45) is 5.73 Å². The summed E-state index contributed by atoms with van der Waals surface area (Å²) in [7, 11) is 1.89. The van der Waals surface area contributed by atoms with Gasteiger partial charge in [0.1, 0.15) is 0 Å². The Morgan fingerprint density at radius 2 is 2.18 bits per heavy atom. The molecule has 0 heterocycles. The molecule has 0 fully saturated rings. The highest BCUT2D eigenvalue weighted by molar-refractivity contribution is 4.87. The second-order valence-electron chi connectivity index (χ2n) is 2.67. The fourth-order valence-electron chi connectivity index (χ4n) is 0.651. The molecule has 0 spiro atoms. The highest BCUT2D eigenvalue weighted by Gasteiger charge is 2.05. The van der Waals surface area contributed by atoms with Crippen LogP contribution in [0.2, 0.25) is 0 Å². The standard InChI is InChI=1S/C8H18N2O/c1-7(11)8(9)5-3-4-6-10-2/h3-4,7-8,10-11H,5-6,9H2,1-2H3/b4-3+/t7-,8+/m1/s1. The van der Waals surface area contributed by atoms with Gasteiger partial charge in [0.05, 0.1) is 6.10 Å². The lowest BCUT2D eigenvalue weighted by Gasteiger charge is -2.11. The van der Waals surface area contributed by atoms with Gasteiger partial charge >= 0.3 is 0 Å². The van der Waals surface area contributed by atoms with Crippen LogP contribution in [0.1, 0.15) is 13.3 Å². The van der Waals surface area contributed by atoms with Gasteiger partial charge in [-0.2, -0.15) is 0 Å². The summed E-state index contributed by atoms with van der Waals surface area (Å²) in [5, 5.41) is 12.0. The number of rotatable bonds is 5. The van der Waals surface area contributed by atoms with Gasteiger partial charge in [-0.05, 0) is 20.4 Å². The van der Waals surface area contributed by atoms with E-state index in [4.69, 9.17) is 10.8 Å². The van der Waals surface area contributed by atoms with Crippen LogP contribution < -0.4 is 11.1 Å². The first kappa shape index (κ1) is 10.6. The van der Waals surface area contributed by atoms with E-state index in [9.17, 15) is 0 Å². The minimum atomic E-state index is -0.422. The van der Waals surface area contributed by atoms with E-state index in [-0.39, 0.29) is 6.04 Å². The molecule has 2 atom stereocenters. The second kappa shape index (κ2) is 6.34. The van der Waals surface area contributed by atoms with Crippen LogP contribution in [0.5, 0.6) is 0 Å². The van der Waals surface area contributed by atoms with E-state index in [2.05, 4.69) is 5.32 Å². The van der Waals surface area contributed by atoms with Crippen molar-refractivity contribution in [2.45, 2.75) is 25.5 Å². The normalized spacial score (nSPS) is 17.1. The van der Waals surface area contributed by atoms with Crippen molar-refractivity contribution >= 4 is 0 Å². The van der Waals surface area contributed by atoms with E-state index >= 15 is 0 Å². The van der Waals surface area contributed by atoms with Crippen LogP contribution in [-0.4, -0.2) is 30.8 Å². The van der Waals surface area contributed by atoms with Gasteiger partial charge < -0.3 is 16.2 Å². The highest BCUT2D eigenvalue weighted by Crippen LogP contribution is 1.95. The van der Waals surface area contributed by atoms with Crippen molar-refractivity contribution < 1.29 is 5.11 Å². The smallest absolute Gasteiger partial charge is 0.0666 e. The first-order chi connectivity index (χ1) is 5.18. The Kier molecular flexibility index (Phi) is 6.12. The largest absolute Gasteiger partial charge is 0.392 e. The topological polar surface area (TPSA) is 58.3 Å². The monoisotopic (exact) mass is 158 g/mol. The Balaban J connectivity index is 3.36. The van der Waals surface area contributed by atoms with Gasteiger partial charge in [-0.25, -0.2) is 0 Å². The number of nitrogens with two attached hydrogens (primary N) is 1. The molecule has 0 radical (unpaired) electrons. The van der Waals surface area contributed by atoms with Gasteiger partial charge in [-0.3, -0.25) is 0 Å². The Morgan fingerprint density at radius 3 is 2.64 bits per heavy atom. The molecule has 0 unspecified atom stereocenters. The molecule has 0 aliphatic carbocycles. The number of likely N-dealkylation sites (N-methyl/N-ethyl adjacent to an activating group) is 1. The van der Waals surface area contributed by atoms with Gasteiger partial charge in [-0.15, -0.1) is 0 Å². The summed E-state index contributed by atoms with van der Waals surface area (Å²) >= 11 is 0. The first-order valence-electron chi connectivity index (χ1n) is 3.91. The van der Waals surface area contributed by atoms with Crippen molar-refractivity contribution in [1.82, 2.24) is 5.32 Å². The van der Waals surface area contributed by atoms with Crippen LogP contribution in [0.15, 0.2) is 12.2 Å².